The van der Waals surface area contributed by atoms with E-state index in [0.29, 0.717) is 13.1 Å². The number of aliphatic hydroxyl groups excluding tert-OH is 1. The van der Waals surface area contributed by atoms with Gasteiger partial charge in [0.05, 0.1) is 12.6 Å². The van der Waals surface area contributed by atoms with Crippen molar-refractivity contribution in [3.8, 4) is 0 Å². The predicted molar refractivity (Wildman–Crippen MR) is 73.6 cm³/mol. The molecule has 0 bridgehead atoms. The van der Waals surface area contributed by atoms with E-state index < -0.39 is 6.10 Å². The van der Waals surface area contributed by atoms with Crippen LogP contribution in [-0.2, 0) is 4.79 Å². The zero-order chi connectivity index (χ0) is 13.5. The van der Waals surface area contributed by atoms with Gasteiger partial charge in [-0.3, -0.25) is 4.79 Å². The summed E-state index contributed by atoms with van der Waals surface area (Å²) in [6.07, 6.45) is -0.538. The highest BCUT2D eigenvalue weighted by Crippen LogP contribution is 2.25. The van der Waals surface area contributed by atoms with Gasteiger partial charge in [-0.2, -0.15) is 0 Å². The Morgan fingerprint density at radius 3 is 2.61 bits per heavy atom. The van der Waals surface area contributed by atoms with E-state index in [2.05, 4.69) is 5.32 Å². The van der Waals surface area contributed by atoms with Gasteiger partial charge >= 0.3 is 0 Å². The molecule has 0 aliphatic rings. The minimum atomic E-state index is -0.538. The Kier molecular flexibility index (Phi) is 5.65. The average molecular weight is 250 g/mol. The number of carbonyl (C=O) groups is 1. The third kappa shape index (κ3) is 3.74. The van der Waals surface area contributed by atoms with Crippen LogP contribution in [0.3, 0.4) is 0 Å². The fourth-order valence-electron chi connectivity index (χ4n) is 1.92. The van der Waals surface area contributed by atoms with E-state index in [1.165, 1.54) is 0 Å². The molecule has 1 amide bonds. The summed E-state index contributed by atoms with van der Waals surface area (Å²) in [4.78, 5) is 13.6. The molecule has 1 atom stereocenters. The highest BCUT2D eigenvalue weighted by molar-refractivity contribution is 5.81. The van der Waals surface area contributed by atoms with Crippen LogP contribution in [0.5, 0.6) is 0 Å². The number of carbonyl (C=O) groups excluding carboxylic acids is 1. The van der Waals surface area contributed by atoms with Crippen LogP contribution in [0.25, 0.3) is 0 Å². The van der Waals surface area contributed by atoms with Crippen LogP contribution in [-0.4, -0.2) is 30.6 Å². The normalized spacial score (nSPS) is 12.0. The maximum atomic E-state index is 11.7. The van der Waals surface area contributed by atoms with Crippen LogP contribution < -0.4 is 10.2 Å². The molecule has 1 aromatic rings. The van der Waals surface area contributed by atoms with Gasteiger partial charge in [-0.15, -0.1) is 0 Å². The Balaban J connectivity index is 2.91. The average Bonchev–Trinajstić information content (AvgIpc) is 2.36. The largest absolute Gasteiger partial charge is 0.389 e. The van der Waals surface area contributed by atoms with Crippen molar-refractivity contribution in [2.24, 2.45) is 0 Å². The molecule has 0 unspecified atom stereocenters. The topological polar surface area (TPSA) is 52.6 Å². The molecule has 0 spiro atoms. The van der Waals surface area contributed by atoms with Gasteiger partial charge in [0.1, 0.15) is 0 Å². The minimum absolute atomic E-state index is 0.000235. The van der Waals surface area contributed by atoms with E-state index in [-0.39, 0.29) is 5.91 Å². The maximum Gasteiger partial charge on any atom is 0.239 e. The Bertz CT molecular complexity index is 391. The van der Waals surface area contributed by atoms with Crippen molar-refractivity contribution in [3.05, 3.63) is 29.8 Å². The first-order valence-electron chi connectivity index (χ1n) is 6.38. The first-order chi connectivity index (χ1) is 8.60. The highest BCUT2D eigenvalue weighted by Gasteiger charge is 2.14. The number of hydrogen-bond donors (Lipinski definition) is 2. The molecule has 1 rings (SSSR count). The fourth-order valence-corrected chi connectivity index (χ4v) is 1.92. The predicted octanol–water partition coefficient (Wildman–Crippen LogP) is 1.70. The molecule has 2 N–H and O–H groups in total. The molecule has 0 aromatic heterocycles. The number of hydrogen-bond acceptors (Lipinski definition) is 3. The van der Waals surface area contributed by atoms with Crippen LogP contribution >= 0.6 is 0 Å². The molecule has 0 aliphatic carbocycles. The van der Waals surface area contributed by atoms with Gasteiger partial charge in [-0.1, -0.05) is 18.2 Å². The monoisotopic (exact) mass is 250 g/mol. The fraction of sp³-hybridized carbons (Fsp3) is 0.500. The maximum absolute atomic E-state index is 11.7. The van der Waals surface area contributed by atoms with Crippen molar-refractivity contribution < 1.29 is 9.90 Å². The lowest BCUT2D eigenvalue weighted by atomic mass is 10.1. The smallest absolute Gasteiger partial charge is 0.239 e. The third-order valence-corrected chi connectivity index (χ3v) is 2.82. The molecule has 4 heteroatoms. The molecular formula is C14H22N2O2. The van der Waals surface area contributed by atoms with Crippen molar-refractivity contribution in [2.45, 2.75) is 26.9 Å². The quantitative estimate of drug-likeness (QED) is 0.808. The van der Waals surface area contributed by atoms with Crippen molar-refractivity contribution in [3.63, 3.8) is 0 Å². The first-order valence-corrected chi connectivity index (χ1v) is 6.38. The summed E-state index contributed by atoms with van der Waals surface area (Å²) < 4.78 is 0. The van der Waals surface area contributed by atoms with Crippen molar-refractivity contribution >= 4 is 11.6 Å². The Hall–Kier alpha value is -1.55. The van der Waals surface area contributed by atoms with Gasteiger partial charge < -0.3 is 15.3 Å². The van der Waals surface area contributed by atoms with E-state index in [1.54, 1.807) is 6.92 Å². The molecule has 0 heterocycles. The van der Waals surface area contributed by atoms with E-state index in [9.17, 15) is 9.90 Å². The molecule has 4 nitrogen and oxygen atoms in total. The number of para-hydroxylation sites is 1. The van der Waals surface area contributed by atoms with Crippen molar-refractivity contribution in [1.82, 2.24) is 5.32 Å². The number of aliphatic hydroxyl groups is 1. The van der Waals surface area contributed by atoms with Crippen LogP contribution in [0.1, 0.15) is 32.4 Å². The molecular weight excluding hydrogens is 228 g/mol. The van der Waals surface area contributed by atoms with E-state index in [4.69, 9.17) is 0 Å². The number of rotatable bonds is 6. The van der Waals surface area contributed by atoms with Crippen molar-refractivity contribution in [2.75, 3.05) is 24.5 Å². The number of nitrogens with zero attached hydrogens (tertiary/aromatic N) is 1. The van der Waals surface area contributed by atoms with E-state index >= 15 is 0 Å². The van der Waals surface area contributed by atoms with Crippen LogP contribution in [0.15, 0.2) is 24.3 Å². The Morgan fingerprint density at radius 2 is 2.06 bits per heavy atom. The summed E-state index contributed by atoms with van der Waals surface area (Å²) in [6.45, 7) is 7.30. The lowest BCUT2D eigenvalue weighted by molar-refractivity contribution is -0.119. The molecule has 0 fully saturated rings. The van der Waals surface area contributed by atoms with E-state index in [0.717, 1.165) is 17.8 Å². The summed E-state index contributed by atoms with van der Waals surface area (Å²) in [7, 11) is 0. The Morgan fingerprint density at radius 1 is 1.39 bits per heavy atom. The van der Waals surface area contributed by atoms with Crippen molar-refractivity contribution in [1.29, 1.82) is 0 Å². The number of anilines is 1. The molecule has 0 aliphatic heterocycles. The SMILES string of the molecule is CCNC(=O)CN(CC)c1ccccc1[C@@H](C)O. The molecule has 0 radical (unpaired) electrons. The number of amides is 1. The van der Waals surface area contributed by atoms with Gasteiger partial charge in [0.15, 0.2) is 0 Å². The lowest BCUT2D eigenvalue weighted by Gasteiger charge is -2.26. The summed E-state index contributed by atoms with van der Waals surface area (Å²) in [6, 6.07) is 7.64. The molecule has 18 heavy (non-hydrogen) atoms. The number of nitrogens with one attached hydrogen (secondary N) is 1. The molecule has 1 aromatic carbocycles. The second-order valence-corrected chi connectivity index (χ2v) is 4.20. The zero-order valence-corrected chi connectivity index (χ0v) is 11.3. The molecule has 100 valence electrons. The molecule has 0 saturated heterocycles. The van der Waals surface area contributed by atoms with Gasteiger partial charge in [0.25, 0.3) is 0 Å². The van der Waals surface area contributed by atoms with Gasteiger partial charge in [0, 0.05) is 24.3 Å². The van der Waals surface area contributed by atoms with Crippen LogP contribution in [0.2, 0.25) is 0 Å². The van der Waals surface area contributed by atoms with Crippen LogP contribution in [0.4, 0.5) is 5.69 Å². The minimum Gasteiger partial charge on any atom is -0.389 e. The summed E-state index contributed by atoms with van der Waals surface area (Å²) >= 11 is 0. The zero-order valence-electron chi connectivity index (χ0n) is 11.3. The summed E-state index contributed by atoms with van der Waals surface area (Å²) in [5, 5.41) is 12.5. The third-order valence-electron chi connectivity index (χ3n) is 2.82. The van der Waals surface area contributed by atoms with Gasteiger partial charge in [-0.25, -0.2) is 0 Å². The molecule has 0 saturated carbocycles. The Labute approximate surface area is 109 Å². The lowest BCUT2D eigenvalue weighted by Crippen LogP contribution is -2.37. The van der Waals surface area contributed by atoms with Crippen LogP contribution in [0, 0.1) is 0 Å². The second-order valence-electron chi connectivity index (χ2n) is 4.20. The summed E-state index contributed by atoms with van der Waals surface area (Å²) in [5.74, 6) is -0.000235. The number of benzene rings is 1. The van der Waals surface area contributed by atoms with Gasteiger partial charge in [0.2, 0.25) is 5.91 Å². The van der Waals surface area contributed by atoms with Gasteiger partial charge in [-0.05, 0) is 26.8 Å². The highest BCUT2D eigenvalue weighted by atomic mass is 16.3. The van der Waals surface area contributed by atoms with E-state index in [1.807, 2.05) is 43.0 Å². The standard InChI is InChI=1S/C14H22N2O2/c1-4-15-14(18)10-16(5-2)13-9-7-6-8-12(13)11(3)17/h6-9,11,17H,4-5,10H2,1-3H3,(H,15,18)/t11-/m1/s1. The first kappa shape index (κ1) is 14.5. The summed E-state index contributed by atoms with van der Waals surface area (Å²) in [5.41, 5.74) is 1.77. The second kappa shape index (κ2) is 7.01. The number of likely N-dealkylation sites (N-methyl/N-ethyl adjacent to an activating group) is 2.